The molecule has 0 radical (unpaired) electrons. The van der Waals surface area contributed by atoms with Crippen molar-refractivity contribution < 1.29 is 18.7 Å². The lowest BCUT2D eigenvalue weighted by molar-refractivity contribution is -0.113. The normalized spacial score (nSPS) is 15.9. The van der Waals surface area contributed by atoms with Crippen LogP contribution in [-0.2, 0) is 22.8 Å². The molecule has 1 aliphatic heterocycles. The largest absolute Gasteiger partial charge is 0.421 e. The van der Waals surface area contributed by atoms with E-state index in [1.165, 1.54) is 10.6 Å². The van der Waals surface area contributed by atoms with Gasteiger partial charge in [0.05, 0.1) is 11.6 Å². The Kier molecular flexibility index (Phi) is 6.82. The van der Waals surface area contributed by atoms with Gasteiger partial charge in [0.2, 0.25) is 5.91 Å². The molecule has 3 aromatic rings. The number of ether oxygens (including phenoxy) is 1. The SMILES string of the molecule is CC1c2cc(C=CC(N)=O)ccc2C(=O)N1Cc1ccc2c(c1)oc(=O)n2COCC[Si](C)(C)C. The van der Waals surface area contributed by atoms with Crippen molar-refractivity contribution in [1.29, 1.82) is 0 Å². The minimum atomic E-state index is -1.21. The molecule has 0 saturated carbocycles. The standard InChI is InChI=1S/C26H31N3O5Si/c1-17-21-13-18(7-10-24(27)30)5-8-20(21)25(31)28(17)15-19-6-9-22-23(14-19)34-26(32)29(22)16-33-11-12-35(2,3)4/h5-10,13-14,17H,11-12,15-16H2,1-4H3,(H2,27,30). The van der Waals surface area contributed by atoms with E-state index < -0.39 is 19.7 Å². The molecular weight excluding hydrogens is 462 g/mol. The molecule has 0 saturated heterocycles. The second kappa shape index (κ2) is 9.67. The highest BCUT2D eigenvalue weighted by Crippen LogP contribution is 2.35. The smallest absolute Gasteiger partial charge is 0.408 e. The van der Waals surface area contributed by atoms with Crippen molar-refractivity contribution in [3.63, 3.8) is 0 Å². The first kappa shape index (κ1) is 24.7. The summed E-state index contributed by atoms with van der Waals surface area (Å²) in [6, 6.07) is 11.9. The van der Waals surface area contributed by atoms with Crippen LogP contribution in [0.5, 0.6) is 0 Å². The third-order valence-corrected chi connectivity index (χ3v) is 7.93. The third-order valence-electron chi connectivity index (χ3n) is 6.23. The fourth-order valence-electron chi connectivity index (χ4n) is 4.17. The van der Waals surface area contributed by atoms with Crippen molar-refractivity contribution in [2.24, 2.45) is 5.73 Å². The number of nitrogens with zero attached hydrogens (tertiary/aromatic N) is 2. The van der Waals surface area contributed by atoms with Gasteiger partial charge < -0.3 is 19.8 Å². The van der Waals surface area contributed by atoms with Gasteiger partial charge in [-0.15, -0.1) is 0 Å². The van der Waals surface area contributed by atoms with Gasteiger partial charge in [-0.3, -0.25) is 9.59 Å². The summed E-state index contributed by atoms with van der Waals surface area (Å²) in [5.74, 6) is -1.04. The first-order valence-electron chi connectivity index (χ1n) is 11.7. The van der Waals surface area contributed by atoms with E-state index in [0.717, 1.165) is 22.7 Å². The fourth-order valence-corrected chi connectivity index (χ4v) is 4.93. The van der Waals surface area contributed by atoms with E-state index in [-0.39, 0.29) is 18.7 Å². The van der Waals surface area contributed by atoms with Gasteiger partial charge in [-0.05, 0) is 60.0 Å². The number of fused-ring (bicyclic) bond motifs is 2. The summed E-state index contributed by atoms with van der Waals surface area (Å²) in [4.78, 5) is 38.3. The van der Waals surface area contributed by atoms with Gasteiger partial charge in [0.1, 0.15) is 6.73 Å². The molecule has 1 aromatic heterocycles. The molecule has 2 amide bonds. The summed E-state index contributed by atoms with van der Waals surface area (Å²) in [7, 11) is -1.21. The zero-order valence-corrected chi connectivity index (χ0v) is 21.5. The van der Waals surface area contributed by atoms with Crippen LogP contribution in [-0.4, -0.2) is 36.0 Å². The van der Waals surface area contributed by atoms with Crippen LogP contribution in [0.15, 0.2) is 51.7 Å². The number of hydrogen-bond acceptors (Lipinski definition) is 5. The molecule has 4 rings (SSSR count). The molecule has 2 heterocycles. The molecule has 2 aromatic carbocycles. The number of benzene rings is 2. The van der Waals surface area contributed by atoms with Crippen LogP contribution in [0.2, 0.25) is 25.7 Å². The fraction of sp³-hybridized carbons (Fsp3) is 0.346. The summed E-state index contributed by atoms with van der Waals surface area (Å²) >= 11 is 0. The van der Waals surface area contributed by atoms with Gasteiger partial charge in [-0.1, -0.05) is 31.8 Å². The van der Waals surface area contributed by atoms with Crippen LogP contribution < -0.4 is 11.5 Å². The Morgan fingerprint density at radius 2 is 1.94 bits per heavy atom. The molecule has 0 aliphatic carbocycles. The summed E-state index contributed by atoms with van der Waals surface area (Å²) in [6.07, 6.45) is 2.94. The molecule has 1 aliphatic rings. The number of nitrogens with two attached hydrogens (primary N) is 1. The minimum absolute atomic E-state index is 0.0622. The molecule has 1 atom stereocenters. The monoisotopic (exact) mass is 493 g/mol. The van der Waals surface area contributed by atoms with Crippen molar-refractivity contribution in [2.45, 2.75) is 51.9 Å². The lowest BCUT2D eigenvalue weighted by Crippen LogP contribution is -2.26. The van der Waals surface area contributed by atoms with Crippen molar-refractivity contribution >= 4 is 37.1 Å². The zero-order chi connectivity index (χ0) is 25.3. The molecule has 1 unspecified atom stereocenters. The Hall–Kier alpha value is -3.43. The molecule has 0 bridgehead atoms. The molecule has 2 N–H and O–H groups in total. The summed E-state index contributed by atoms with van der Waals surface area (Å²) < 4.78 is 12.7. The zero-order valence-electron chi connectivity index (χ0n) is 20.5. The Bertz CT molecular complexity index is 1370. The third kappa shape index (κ3) is 5.46. The predicted molar refractivity (Wildman–Crippen MR) is 138 cm³/mol. The van der Waals surface area contributed by atoms with Crippen molar-refractivity contribution in [3.05, 3.63) is 75.3 Å². The molecule has 8 nitrogen and oxygen atoms in total. The van der Waals surface area contributed by atoms with E-state index in [9.17, 15) is 14.4 Å². The van der Waals surface area contributed by atoms with Gasteiger partial charge in [0.15, 0.2) is 5.58 Å². The lowest BCUT2D eigenvalue weighted by Gasteiger charge is -2.22. The molecule has 0 spiro atoms. The van der Waals surface area contributed by atoms with E-state index in [4.69, 9.17) is 14.9 Å². The van der Waals surface area contributed by atoms with Crippen molar-refractivity contribution in [2.75, 3.05) is 6.61 Å². The number of carbonyl (C=O) groups is 2. The Morgan fingerprint density at radius 3 is 2.66 bits per heavy atom. The van der Waals surface area contributed by atoms with Crippen LogP contribution in [0.4, 0.5) is 0 Å². The van der Waals surface area contributed by atoms with E-state index >= 15 is 0 Å². The Balaban J connectivity index is 1.50. The van der Waals surface area contributed by atoms with Gasteiger partial charge in [-0.25, -0.2) is 9.36 Å². The quantitative estimate of drug-likeness (QED) is 0.274. The second-order valence-electron chi connectivity index (χ2n) is 10.1. The van der Waals surface area contributed by atoms with Gasteiger partial charge >= 0.3 is 5.76 Å². The first-order valence-corrected chi connectivity index (χ1v) is 15.4. The average molecular weight is 494 g/mol. The first-order chi connectivity index (χ1) is 16.5. The van der Waals surface area contributed by atoms with Gasteiger partial charge in [0, 0.05) is 32.9 Å². The molecular formula is C26H31N3O5Si. The summed E-state index contributed by atoms with van der Waals surface area (Å²) in [5, 5.41) is 0. The van der Waals surface area contributed by atoms with E-state index in [1.807, 2.05) is 25.1 Å². The number of rotatable bonds is 9. The second-order valence-corrected chi connectivity index (χ2v) is 15.8. The number of hydrogen-bond donors (Lipinski definition) is 1. The molecule has 35 heavy (non-hydrogen) atoms. The highest BCUT2D eigenvalue weighted by molar-refractivity contribution is 6.76. The van der Waals surface area contributed by atoms with Crippen LogP contribution >= 0.6 is 0 Å². The van der Waals surface area contributed by atoms with E-state index in [2.05, 4.69) is 19.6 Å². The molecule has 9 heteroatoms. The van der Waals surface area contributed by atoms with Gasteiger partial charge in [0.25, 0.3) is 5.91 Å². The number of primary amides is 1. The van der Waals surface area contributed by atoms with Crippen LogP contribution in [0, 0.1) is 0 Å². The van der Waals surface area contributed by atoms with Crippen molar-refractivity contribution in [1.82, 2.24) is 9.47 Å². The Labute approximate surface area is 205 Å². The topological polar surface area (TPSA) is 108 Å². The number of oxazole rings is 1. The Morgan fingerprint density at radius 1 is 1.17 bits per heavy atom. The highest BCUT2D eigenvalue weighted by Gasteiger charge is 2.33. The molecule has 0 fully saturated rings. The van der Waals surface area contributed by atoms with E-state index in [1.54, 1.807) is 29.2 Å². The average Bonchev–Trinajstić information content (AvgIpc) is 3.22. The summed E-state index contributed by atoms with van der Waals surface area (Å²) in [6.45, 7) is 9.95. The number of carbonyl (C=O) groups excluding carboxylic acids is 2. The number of amides is 2. The highest BCUT2D eigenvalue weighted by atomic mass is 28.3. The maximum absolute atomic E-state index is 13.1. The summed E-state index contributed by atoms with van der Waals surface area (Å²) in [5.41, 5.74) is 9.53. The van der Waals surface area contributed by atoms with Crippen LogP contribution in [0.3, 0.4) is 0 Å². The molecule has 184 valence electrons. The number of aromatic nitrogens is 1. The minimum Gasteiger partial charge on any atom is -0.408 e. The van der Waals surface area contributed by atoms with Gasteiger partial charge in [-0.2, -0.15) is 0 Å². The lowest BCUT2D eigenvalue weighted by atomic mass is 10.0. The van der Waals surface area contributed by atoms with Crippen LogP contribution in [0.1, 0.15) is 40.0 Å². The maximum Gasteiger partial charge on any atom is 0.421 e. The van der Waals surface area contributed by atoms with Crippen LogP contribution in [0.25, 0.3) is 17.2 Å². The van der Waals surface area contributed by atoms with E-state index in [0.29, 0.717) is 29.8 Å². The maximum atomic E-state index is 13.1. The van der Waals surface area contributed by atoms with Crippen molar-refractivity contribution in [3.8, 4) is 0 Å². The predicted octanol–water partition coefficient (Wildman–Crippen LogP) is 4.12.